The smallest absolute Gasteiger partial charge is 0.228 e. The van der Waals surface area contributed by atoms with Crippen LogP contribution in [0.3, 0.4) is 0 Å². The number of rotatable bonds is 4. The highest BCUT2D eigenvalue weighted by Gasteiger charge is 2.30. The first-order chi connectivity index (χ1) is 10.5. The van der Waals surface area contributed by atoms with Gasteiger partial charge >= 0.3 is 0 Å². The predicted molar refractivity (Wildman–Crippen MR) is 82.0 cm³/mol. The van der Waals surface area contributed by atoms with Crippen molar-refractivity contribution >= 4 is 5.91 Å². The maximum atomic E-state index is 12.5. The summed E-state index contributed by atoms with van der Waals surface area (Å²) < 4.78 is 10.1. The predicted octanol–water partition coefficient (Wildman–Crippen LogP) is 2.54. The van der Waals surface area contributed by atoms with E-state index < -0.39 is 5.54 Å². The molecule has 1 aromatic rings. The van der Waals surface area contributed by atoms with Gasteiger partial charge < -0.3 is 14.8 Å². The van der Waals surface area contributed by atoms with Gasteiger partial charge in [0.15, 0.2) is 5.54 Å². The van der Waals surface area contributed by atoms with Gasteiger partial charge in [-0.05, 0) is 49.3 Å². The number of hydrogen-bond acceptors (Lipinski definition) is 4. The zero-order valence-electron chi connectivity index (χ0n) is 12.8. The Labute approximate surface area is 129 Å². The summed E-state index contributed by atoms with van der Waals surface area (Å²) in [5.41, 5.74) is 0.696. The molecule has 2 rings (SSSR count). The summed E-state index contributed by atoms with van der Waals surface area (Å²) in [5.74, 6) is 0.129. The van der Waals surface area contributed by atoms with Crippen molar-refractivity contribution in [2.45, 2.75) is 25.3 Å². The number of benzene rings is 1. The molecule has 114 valence electrons. The lowest BCUT2D eigenvalue weighted by Gasteiger charge is -2.25. The summed E-state index contributed by atoms with van der Waals surface area (Å²) in [4.78, 5) is 12.5. The van der Waals surface area contributed by atoms with Gasteiger partial charge in [-0.25, -0.2) is 0 Å². The van der Waals surface area contributed by atoms with E-state index in [1.807, 2.05) is 32.0 Å². The van der Waals surface area contributed by atoms with E-state index >= 15 is 0 Å². The second-order valence-corrected chi connectivity index (χ2v) is 5.16. The van der Waals surface area contributed by atoms with Crippen LogP contribution in [0.25, 0.3) is 0 Å². The maximum Gasteiger partial charge on any atom is 0.228 e. The molecular formula is C17H18N2O3. The first-order valence-corrected chi connectivity index (χ1v) is 6.90. The molecule has 1 amide bonds. The van der Waals surface area contributed by atoms with E-state index in [9.17, 15) is 10.1 Å². The van der Waals surface area contributed by atoms with Gasteiger partial charge in [-0.1, -0.05) is 6.07 Å². The van der Waals surface area contributed by atoms with Crippen LogP contribution in [0.4, 0.5) is 0 Å². The van der Waals surface area contributed by atoms with Gasteiger partial charge in [0.2, 0.25) is 5.91 Å². The highest BCUT2D eigenvalue weighted by atomic mass is 16.5. The lowest BCUT2D eigenvalue weighted by molar-refractivity contribution is -0.122. The summed E-state index contributed by atoms with van der Waals surface area (Å²) >= 11 is 0. The lowest BCUT2D eigenvalue weighted by atomic mass is 9.93. The van der Waals surface area contributed by atoms with E-state index in [-0.39, 0.29) is 11.8 Å². The molecule has 5 nitrogen and oxygen atoms in total. The minimum atomic E-state index is -1.16. The van der Waals surface area contributed by atoms with Gasteiger partial charge in [-0.2, -0.15) is 5.26 Å². The fraction of sp³-hybridized carbons (Fsp3) is 0.294. The van der Waals surface area contributed by atoms with Gasteiger partial charge in [0.05, 0.1) is 31.6 Å². The first-order valence-electron chi connectivity index (χ1n) is 6.90. The van der Waals surface area contributed by atoms with Crippen molar-refractivity contribution in [2.24, 2.45) is 0 Å². The Hall–Kier alpha value is -2.74. The van der Waals surface area contributed by atoms with E-state index in [4.69, 9.17) is 9.47 Å². The van der Waals surface area contributed by atoms with E-state index in [1.54, 1.807) is 7.11 Å². The monoisotopic (exact) mass is 298 g/mol. The molecule has 1 N–H and O–H groups in total. The number of aryl methyl sites for hydroxylation is 1. The van der Waals surface area contributed by atoms with Crippen LogP contribution in [0, 0.1) is 18.3 Å². The Morgan fingerprint density at radius 3 is 2.64 bits per heavy atom. The summed E-state index contributed by atoms with van der Waals surface area (Å²) in [6, 6.07) is 7.65. The maximum absolute atomic E-state index is 12.5. The highest BCUT2D eigenvalue weighted by Crippen LogP contribution is 2.25. The molecular weight excluding hydrogens is 280 g/mol. The molecule has 0 radical (unpaired) electrons. The third-order valence-corrected chi connectivity index (χ3v) is 3.67. The van der Waals surface area contributed by atoms with Crippen molar-refractivity contribution in [1.82, 2.24) is 5.32 Å². The Kier molecular flexibility index (Phi) is 4.52. The molecule has 0 saturated heterocycles. The number of carbonyl (C=O) groups excluding carboxylic acids is 1. The van der Waals surface area contributed by atoms with Crippen molar-refractivity contribution < 1.29 is 14.3 Å². The molecule has 1 atom stereocenters. The van der Waals surface area contributed by atoms with Gasteiger partial charge in [0, 0.05) is 0 Å². The summed E-state index contributed by atoms with van der Waals surface area (Å²) in [5, 5.41) is 12.1. The van der Waals surface area contributed by atoms with E-state index in [2.05, 4.69) is 11.4 Å². The van der Waals surface area contributed by atoms with Gasteiger partial charge in [0.1, 0.15) is 5.75 Å². The fourth-order valence-electron chi connectivity index (χ4n) is 2.29. The average molecular weight is 298 g/mol. The van der Waals surface area contributed by atoms with Crippen molar-refractivity contribution in [3.63, 3.8) is 0 Å². The van der Waals surface area contributed by atoms with Crippen LogP contribution < -0.4 is 10.1 Å². The molecule has 0 saturated carbocycles. The van der Waals surface area contributed by atoms with E-state index in [1.165, 1.54) is 24.7 Å². The summed E-state index contributed by atoms with van der Waals surface area (Å²) in [6.07, 6.45) is 5.79. The van der Waals surface area contributed by atoms with Crippen LogP contribution >= 0.6 is 0 Å². The minimum Gasteiger partial charge on any atom is -0.497 e. The van der Waals surface area contributed by atoms with Crippen LogP contribution in [0.5, 0.6) is 5.75 Å². The number of carbonyl (C=O) groups is 1. The third-order valence-electron chi connectivity index (χ3n) is 3.67. The second kappa shape index (κ2) is 6.35. The Balaban J connectivity index is 2.19. The number of nitrogens with zero attached hydrogens (tertiary/aromatic N) is 1. The first kappa shape index (κ1) is 15.6. The highest BCUT2D eigenvalue weighted by molar-refractivity contribution is 5.85. The molecule has 0 bridgehead atoms. The Morgan fingerprint density at radius 1 is 1.41 bits per heavy atom. The SMILES string of the molecule is COc1ccc(C(C)C(=O)NC2(C#N)C=COC=C2)c(C)c1. The summed E-state index contributed by atoms with van der Waals surface area (Å²) in [6.45, 7) is 3.73. The van der Waals surface area contributed by atoms with Crippen molar-refractivity contribution in [2.75, 3.05) is 7.11 Å². The molecule has 0 fully saturated rings. The van der Waals surface area contributed by atoms with Crippen molar-refractivity contribution in [3.8, 4) is 11.8 Å². The Bertz CT molecular complexity index is 659. The zero-order chi connectivity index (χ0) is 16.2. The standard InChI is InChI=1S/C17H18N2O3/c1-12-10-14(21-3)4-5-15(12)13(2)16(20)19-17(11-18)6-8-22-9-7-17/h4-10,13H,1-3H3,(H,19,20). The summed E-state index contributed by atoms with van der Waals surface area (Å²) in [7, 11) is 1.60. The van der Waals surface area contributed by atoms with Gasteiger partial charge in [0.25, 0.3) is 0 Å². The number of nitrogens with one attached hydrogen (secondary N) is 1. The van der Waals surface area contributed by atoms with Crippen LogP contribution in [-0.4, -0.2) is 18.6 Å². The van der Waals surface area contributed by atoms with Crippen LogP contribution in [0.1, 0.15) is 24.0 Å². The number of nitriles is 1. The molecule has 1 aliphatic rings. The number of methoxy groups -OCH3 is 1. The fourth-order valence-corrected chi connectivity index (χ4v) is 2.29. The van der Waals surface area contributed by atoms with Crippen LogP contribution in [-0.2, 0) is 9.53 Å². The number of hydrogen-bond donors (Lipinski definition) is 1. The molecule has 1 aromatic carbocycles. The van der Waals surface area contributed by atoms with E-state index in [0.717, 1.165) is 16.9 Å². The molecule has 0 aromatic heterocycles. The number of ether oxygens (including phenoxy) is 2. The molecule has 5 heteroatoms. The molecule has 1 aliphatic heterocycles. The normalized spacial score (nSPS) is 16.3. The zero-order valence-corrected chi connectivity index (χ0v) is 12.8. The van der Waals surface area contributed by atoms with Crippen molar-refractivity contribution in [3.05, 3.63) is 54.0 Å². The van der Waals surface area contributed by atoms with Crippen LogP contribution in [0.15, 0.2) is 42.9 Å². The Morgan fingerprint density at radius 2 is 2.09 bits per heavy atom. The topological polar surface area (TPSA) is 71.3 Å². The molecule has 1 unspecified atom stereocenters. The molecule has 1 heterocycles. The minimum absolute atomic E-state index is 0.231. The third kappa shape index (κ3) is 3.12. The van der Waals surface area contributed by atoms with Crippen molar-refractivity contribution in [1.29, 1.82) is 5.26 Å². The average Bonchev–Trinajstić information content (AvgIpc) is 2.54. The van der Waals surface area contributed by atoms with Crippen LogP contribution in [0.2, 0.25) is 0 Å². The van der Waals surface area contributed by atoms with E-state index in [0.29, 0.717) is 0 Å². The molecule has 22 heavy (non-hydrogen) atoms. The quantitative estimate of drug-likeness (QED) is 0.927. The molecule has 0 spiro atoms. The second-order valence-electron chi connectivity index (χ2n) is 5.16. The van der Waals surface area contributed by atoms with Gasteiger partial charge in [-0.15, -0.1) is 0 Å². The largest absolute Gasteiger partial charge is 0.497 e. The molecule has 0 aliphatic carbocycles. The van der Waals surface area contributed by atoms with Gasteiger partial charge in [-0.3, -0.25) is 4.79 Å². The number of amides is 1. The lowest BCUT2D eigenvalue weighted by Crippen LogP contribution is -2.46.